The third-order valence-electron chi connectivity index (χ3n) is 2.89. The van der Waals surface area contributed by atoms with Gasteiger partial charge in [0.15, 0.2) is 0 Å². The molecule has 110 valence electrons. The summed E-state index contributed by atoms with van der Waals surface area (Å²) in [4.78, 5) is 16.0. The van der Waals surface area contributed by atoms with E-state index in [1.54, 1.807) is 25.1 Å². The SMILES string of the molecule is C[C@H](CO)NC(=O)c1cnc(Cl)c(-c2cccc(F)c2)c1. The maximum atomic E-state index is 13.3. The van der Waals surface area contributed by atoms with Crippen molar-refractivity contribution in [3.8, 4) is 11.1 Å². The van der Waals surface area contributed by atoms with Crippen LogP contribution in [0.15, 0.2) is 36.5 Å². The lowest BCUT2D eigenvalue weighted by Crippen LogP contribution is -2.35. The van der Waals surface area contributed by atoms with E-state index in [9.17, 15) is 9.18 Å². The minimum atomic E-state index is -0.396. The molecule has 0 radical (unpaired) electrons. The van der Waals surface area contributed by atoms with Gasteiger partial charge in [0.1, 0.15) is 11.0 Å². The first-order chi connectivity index (χ1) is 10.0. The van der Waals surface area contributed by atoms with Gasteiger partial charge in [0.05, 0.1) is 12.2 Å². The molecule has 6 heteroatoms. The van der Waals surface area contributed by atoms with Crippen molar-refractivity contribution >= 4 is 17.5 Å². The number of hydrogen-bond acceptors (Lipinski definition) is 3. The van der Waals surface area contributed by atoms with Gasteiger partial charge in [-0.1, -0.05) is 23.7 Å². The van der Waals surface area contributed by atoms with Crippen LogP contribution in [0.1, 0.15) is 17.3 Å². The fourth-order valence-electron chi connectivity index (χ4n) is 1.78. The highest BCUT2D eigenvalue weighted by molar-refractivity contribution is 6.32. The van der Waals surface area contributed by atoms with Crippen LogP contribution in [0, 0.1) is 5.82 Å². The van der Waals surface area contributed by atoms with E-state index in [2.05, 4.69) is 10.3 Å². The third-order valence-corrected chi connectivity index (χ3v) is 3.19. The summed E-state index contributed by atoms with van der Waals surface area (Å²) >= 11 is 6.02. The zero-order chi connectivity index (χ0) is 15.4. The molecule has 0 spiro atoms. The number of pyridine rings is 1. The van der Waals surface area contributed by atoms with Crippen LogP contribution < -0.4 is 5.32 Å². The van der Waals surface area contributed by atoms with E-state index in [0.717, 1.165) is 0 Å². The molecule has 0 aliphatic carbocycles. The normalized spacial score (nSPS) is 12.0. The van der Waals surface area contributed by atoms with Crippen molar-refractivity contribution in [2.75, 3.05) is 6.61 Å². The number of aliphatic hydroxyl groups excluding tert-OH is 1. The standard InChI is InChI=1S/C15H14ClFN2O2/c1-9(8-20)19-15(21)11-6-13(14(16)18-7-11)10-3-2-4-12(17)5-10/h2-7,9,20H,8H2,1H3,(H,19,21)/t9-/m1/s1. The first-order valence-electron chi connectivity index (χ1n) is 6.34. The fourth-order valence-corrected chi connectivity index (χ4v) is 2.00. The number of aliphatic hydroxyl groups is 1. The lowest BCUT2D eigenvalue weighted by Gasteiger charge is -2.12. The first-order valence-corrected chi connectivity index (χ1v) is 6.72. The Hall–Kier alpha value is -1.98. The molecule has 21 heavy (non-hydrogen) atoms. The molecule has 2 rings (SSSR count). The maximum absolute atomic E-state index is 13.3. The predicted molar refractivity (Wildman–Crippen MR) is 78.7 cm³/mol. The summed E-state index contributed by atoms with van der Waals surface area (Å²) in [7, 11) is 0. The van der Waals surface area contributed by atoms with Gasteiger partial charge in [0.2, 0.25) is 0 Å². The van der Waals surface area contributed by atoms with E-state index in [0.29, 0.717) is 16.7 Å². The number of carbonyl (C=O) groups excluding carboxylic acids is 1. The third kappa shape index (κ3) is 3.77. The van der Waals surface area contributed by atoms with E-state index in [1.165, 1.54) is 18.3 Å². The summed E-state index contributed by atoms with van der Waals surface area (Å²) in [5.41, 5.74) is 1.30. The Kier molecular flexibility index (Phi) is 4.88. The minimum absolute atomic E-state index is 0.163. The van der Waals surface area contributed by atoms with Crippen molar-refractivity contribution in [1.82, 2.24) is 10.3 Å². The molecule has 1 aromatic heterocycles. The molecule has 0 saturated carbocycles. The molecular formula is C15H14ClFN2O2. The summed E-state index contributed by atoms with van der Waals surface area (Å²) in [6.07, 6.45) is 1.34. The number of hydrogen-bond donors (Lipinski definition) is 2. The molecule has 2 aromatic rings. The second-order valence-electron chi connectivity index (χ2n) is 4.63. The smallest absolute Gasteiger partial charge is 0.253 e. The van der Waals surface area contributed by atoms with E-state index >= 15 is 0 Å². The number of aromatic nitrogens is 1. The zero-order valence-electron chi connectivity index (χ0n) is 11.3. The predicted octanol–water partition coefficient (Wildman–Crippen LogP) is 2.65. The van der Waals surface area contributed by atoms with Crippen molar-refractivity contribution < 1.29 is 14.3 Å². The Morgan fingerprint density at radius 3 is 2.90 bits per heavy atom. The van der Waals surface area contributed by atoms with Crippen LogP contribution in [-0.4, -0.2) is 28.6 Å². The number of benzene rings is 1. The van der Waals surface area contributed by atoms with E-state index < -0.39 is 5.82 Å². The maximum Gasteiger partial charge on any atom is 0.253 e. The minimum Gasteiger partial charge on any atom is -0.394 e. The fraction of sp³-hybridized carbons (Fsp3) is 0.200. The molecule has 0 unspecified atom stereocenters. The van der Waals surface area contributed by atoms with Crippen LogP contribution in [0.25, 0.3) is 11.1 Å². The van der Waals surface area contributed by atoms with Crippen molar-refractivity contribution in [2.24, 2.45) is 0 Å². The molecule has 0 saturated heterocycles. The molecule has 0 aliphatic rings. The van der Waals surface area contributed by atoms with E-state index in [1.807, 2.05) is 0 Å². The molecule has 4 nitrogen and oxygen atoms in total. The Labute approximate surface area is 126 Å². The van der Waals surface area contributed by atoms with Gasteiger partial charge in [-0.25, -0.2) is 9.37 Å². The monoisotopic (exact) mass is 308 g/mol. The Morgan fingerprint density at radius 2 is 2.24 bits per heavy atom. The Balaban J connectivity index is 2.36. The highest BCUT2D eigenvalue weighted by Crippen LogP contribution is 2.27. The molecule has 0 aliphatic heterocycles. The van der Waals surface area contributed by atoms with Gasteiger partial charge in [-0.05, 0) is 30.7 Å². The number of amides is 1. The molecule has 0 fully saturated rings. The molecule has 1 aromatic carbocycles. The van der Waals surface area contributed by atoms with Crippen molar-refractivity contribution in [1.29, 1.82) is 0 Å². The number of nitrogens with zero attached hydrogens (tertiary/aromatic N) is 1. The number of nitrogens with one attached hydrogen (secondary N) is 1. The molecule has 1 atom stereocenters. The van der Waals surface area contributed by atoms with Crippen molar-refractivity contribution in [2.45, 2.75) is 13.0 Å². The first kappa shape index (κ1) is 15.4. The van der Waals surface area contributed by atoms with Gasteiger partial charge >= 0.3 is 0 Å². The van der Waals surface area contributed by atoms with Crippen LogP contribution in [0.4, 0.5) is 4.39 Å². The van der Waals surface area contributed by atoms with Crippen molar-refractivity contribution in [3.05, 3.63) is 53.1 Å². The van der Waals surface area contributed by atoms with Gasteiger partial charge in [-0.2, -0.15) is 0 Å². The van der Waals surface area contributed by atoms with Crippen molar-refractivity contribution in [3.63, 3.8) is 0 Å². The van der Waals surface area contributed by atoms with Gasteiger partial charge in [-0.15, -0.1) is 0 Å². The largest absolute Gasteiger partial charge is 0.394 e. The topological polar surface area (TPSA) is 62.2 Å². The number of carbonyl (C=O) groups is 1. The van der Waals surface area contributed by atoms with Crippen LogP contribution in [0.5, 0.6) is 0 Å². The lowest BCUT2D eigenvalue weighted by atomic mass is 10.1. The molecule has 1 heterocycles. The van der Waals surface area contributed by atoms with Crippen LogP contribution in [0.3, 0.4) is 0 Å². The summed E-state index contributed by atoms with van der Waals surface area (Å²) in [6, 6.07) is 7.06. The Bertz CT molecular complexity index is 664. The molecule has 1 amide bonds. The molecule has 0 bridgehead atoms. The van der Waals surface area contributed by atoms with Crippen LogP contribution in [-0.2, 0) is 0 Å². The summed E-state index contributed by atoms with van der Waals surface area (Å²) in [5, 5.41) is 11.7. The van der Waals surface area contributed by atoms with Crippen LogP contribution >= 0.6 is 11.6 Å². The highest BCUT2D eigenvalue weighted by atomic mass is 35.5. The number of halogens is 2. The summed E-state index contributed by atoms with van der Waals surface area (Å²) in [5.74, 6) is -0.773. The van der Waals surface area contributed by atoms with Gasteiger partial charge in [0.25, 0.3) is 5.91 Å². The molecule has 2 N–H and O–H groups in total. The second-order valence-corrected chi connectivity index (χ2v) is 4.99. The van der Waals surface area contributed by atoms with E-state index in [-0.39, 0.29) is 23.7 Å². The Morgan fingerprint density at radius 1 is 1.48 bits per heavy atom. The number of rotatable bonds is 4. The lowest BCUT2D eigenvalue weighted by molar-refractivity contribution is 0.0922. The van der Waals surface area contributed by atoms with Gasteiger partial charge < -0.3 is 10.4 Å². The molecular weight excluding hydrogens is 295 g/mol. The van der Waals surface area contributed by atoms with Gasteiger partial charge in [-0.3, -0.25) is 4.79 Å². The van der Waals surface area contributed by atoms with E-state index in [4.69, 9.17) is 16.7 Å². The zero-order valence-corrected chi connectivity index (χ0v) is 12.1. The van der Waals surface area contributed by atoms with Gasteiger partial charge in [0, 0.05) is 17.8 Å². The summed E-state index contributed by atoms with van der Waals surface area (Å²) in [6.45, 7) is 1.51. The second kappa shape index (κ2) is 6.65. The summed E-state index contributed by atoms with van der Waals surface area (Å²) < 4.78 is 13.3. The quantitative estimate of drug-likeness (QED) is 0.854. The average molecular weight is 309 g/mol. The van der Waals surface area contributed by atoms with Crippen LogP contribution in [0.2, 0.25) is 5.15 Å². The highest BCUT2D eigenvalue weighted by Gasteiger charge is 2.13. The average Bonchev–Trinajstić information content (AvgIpc) is 2.47.